The van der Waals surface area contributed by atoms with Crippen molar-refractivity contribution in [1.82, 2.24) is 9.88 Å². The van der Waals surface area contributed by atoms with Crippen molar-refractivity contribution in [3.05, 3.63) is 54.4 Å². The van der Waals surface area contributed by atoms with Gasteiger partial charge in [-0.3, -0.25) is 4.98 Å². The number of hydrogen-bond donors (Lipinski definition) is 0. The van der Waals surface area contributed by atoms with Crippen molar-refractivity contribution in [2.75, 3.05) is 19.6 Å². The highest BCUT2D eigenvalue weighted by Gasteiger charge is 2.41. The average Bonchev–Trinajstić information content (AvgIpc) is 2.93. The lowest BCUT2D eigenvalue weighted by atomic mass is 10.1. The Kier molecular flexibility index (Phi) is 7.32. The number of likely N-dealkylation sites (tertiary alicyclic amines) is 1. The monoisotopic (exact) mass is 400 g/mol. The predicted octanol–water partition coefficient (Wildman–Crippen LogP) is 5.16. The van der Waals surface area contributed by atoms with Crippen LogP contribution in [-0.2, 0) is 6.42 Å². The van der Waals surface area contributed by atoms with Gasteiger partial charge in [0.05, 0.1) is 4.08 Å². The summed E-state index contributed by atoms with van der Waals surface area (Å²) < 4.78 is 0.394. The Morgan fingerprint density at radius 1 is 0.917 bits per heavy atom. The van der Waals surface area contributed by atoms with Crippen molar-refractivity contribution >= 4 is 48.3 Å². The van der Waals surface area contributed by atoms with Crippen LogP contribution in [0, 0.1) is 0 Å². The standard InChI is InChI=1S/C18H20N2S2.2ClH/c1-2-7-17-16(6-1)21-18(22-17)9-13-20(14-10-18)12-8-15-5-3-4-11-19-15;;/h1-7,11H,8-10,12-14H2;2*1H. The first-order valence-electron chi connectivity index (χ1n) is 7.92. The van der Waals surface area contributed by atoms with Crippen LogP contribution in [0.4, 0.5) is 0 Å². The molecular formula is C18H22Cl2N2S2. The molecule has 1 saturated heterocycles. The van der Waals surface area contributed by atoms with E-state index < -0.39 is 0 Å². The Labute approximate surface area is 165 Å². The van der Waals surface area contributed by atoms with E-state index in [1.165, 1.54) is 41.4 Å². The first-order valence-corrected chi connectivity index (χ1v) is 9.56. The fourth-order valence-corrected chi connectivity index (χ4v) is 6.34. The summed E-state index contributed by atoms with van der Waals surface area (Å²) in [6.07, 6.45) is 5.51. The maximum absolute atomic E-state index is 4.43. The van der Waals surface area contributed by atoms with Crippen molar-refractivity contribution in [1.29, 1.82) is 0 Å². The van der Waals surface area contributed by atoms with E-state index in [-0.39, 0.29) is 24.8 Å². The average molecular weight is 401 g/mol. The number of halogens is 2. The van der Waals surface area contributed by atoms with E-state index in [0.29, 0.717) is 4.08 Å². The molecule has 6 heteroatoms. The van der Waals surface area contributed by atoms with Gasteiger partial charge in [-0.15, -0.1) is 48.3 Å². The highest BCUT2D eigenvalue weighted by Crippen LogP contribution is 2.59. The molecule has 2 aliphatic rings. The Bertz CT molecular complexity index is 619. The van der Waals surface area contributed by atoms with Crippen molar-refractivity contribution < 1.29 is 0 Å². The number of nitrogens with zero attached hydrogens (tertiary/aromatic N) is 2. The number of hydrogen-bond acceptors (Lipinski definition) is 4. The van der Waals surface area contributed by atoms with Crippen LogP contribution in [0.2, 0.25) is 0 Å². The third-order valence-electron chi connectivity index (χ3n) is 4.47. The van der Waals surface area contributed by atoms with E-state index in [2.05, 4.69) is 69.8 Å². The largest absolute Gasteiger partial charge is 0.303 e. The number of rotatable bonds is 3. The number of benzene rings is 1. The van der Waals surface area contributed by atoms with E-state index in [4.69, 9.17) is 0 Å². The zero-order chi connectivity index (χ0) is 14.8. The Balaban J connectivity index is 0.00000104. The van der Waals surface area contributed by atoms with Gasteiger partial charge in [-0.05, 0) is 37.1 Å². The van der Waals surface area contributed by atoms with Crippen LogP contribution in [0.3, 0.4) is 0 Å². The molecular weight excluding hydrogens is 379 g/mol. The number of aromatic nitrogens is 1. The second kappa shape index (κ2) is 8.81. The molecule has 0 N–H and O–H groups in total. The van der Waals surface area contributed by atoms with Gasteiger partial charge in [0.2, 0.25) is 0 Å². The highest BCUT2D eigenvalue weighted by molar-refractivity contribution is 8.20. The summed E-state index contributed by atoms with van der Waals surface area (Å²) in [4.78, 5) is 9.99. The molecule has 24 heavy (non-hydrogen) atoms. The molecule has 2 aliphatic heterocycles. The van der Waals surface area contributed by atoms with Crippen molar-refractivity contribution in [3.8, 4) is 0 Å². The topological polar surface area (TPSA) is 16.1 Å². The van der Waals surface area contributed by atoms with Gasteiger partial charge in [0, 0.05) is 47.7 Å². The summed E-state index contributed by atoms with van der Waals surface area (Å²) in [5.74, 6) is 0. The second-order valence-corrected chi connectivity index (χ2v) is 9.08. The Morgan fingerprint density at radius 3 is 2.12 bits per heavy atom. The molecule has 2 nitrogen and oxygen atoms in total. The van der Waals surface area contributed by atoms with Gasteiger partial charge in [-0.1, -0.05) is 18.2 Å². The summed E-state index contributed by atoms with van der Waals surface area (Å²) >= 11 is 4.20. The predicted molar refractivity (Wildman–Crippen MR) is 109 cm³/mol. The summed E-state index contributed by atoms with van der Waals surface area (Å²) in [7, 11) is 0. The van der Waals surface area contributed by atoms with E-state index in [9.17, 15) is 0 Å². The van der Waals surface area contributed by atoms with Crippen molar-refractivity contribution in [2.24, 2.45) is 0 Å². The fourth-order valence-electron chi connectivity index (χ4n) is 3.18. The molecule has 130 valence electrons. The molecule has 1 aromatic carbocycles. The van der Waals surface area contributed by atoms with E-state index >= 15 is 0 Å². The molecule has 0 amide bonds. The molecule has 0 unspecified atom stereocenters. The second-order valence-electron chi connectivity index (χ2n) is 5.97. The lowest BCUT2D eigenvalue weighted by Gasteiger charge is -2.37. The van der Waals surface area contributed by atoms with Crippen LogP contribution in [0.1, 0.15) is 18.5 Å². The Morgan fingerprint density at radius 2 is 1.54 bits per heavy atom. The van der Waals surface area contributed by atoms with Gasteiger partial charge >= 0.3 is 0 Å². The van der Waals surface area contributed by atoms with Gasteiger partial charge < -0.3 is 4.90 Å². The first kappa shape index (κ1) is 19.9. The quantitative estimate of drug-likeness (QED) is 0.706. The van der Waals surface area contributed by atoms with E-state index in [1.807, 2.05) is 12.3 Å². The van der Waals surface area contributed by atoms with Crippen LogP contribution in [0.15, 0.2) is 58.5 Å². The van der Waals surface area contributed by atoms with Crippen LogP contribution >= 0.6 is 48.3 Å². The van der Waals surface area contributed by atoms with Crippen LogP contribution in [0.25, 0.3) is 0 Å². The Hall–Kier alpha value is -0.390. The smallest absolute Gasteiger partial charge is 0.0730 e. The molecule has 0 bridgehead atoms. The van der Waals surface area contributed by atoms with Crippen molar-refractivity contribution in [3.63, 3.8) is 0 Å². The zero-order valence-corrected chi connectivity index (χ0v) is 16.7. The molecule has 1 aromatic heterocycles. The molecule has 0 atom stereocenters. The number of pyridine rings is 1. The molecule has 0 aliphatic carbocycles. The van der Waals surface area contributed by atoms with Gasteiger partial charge in [-0.2, -0.15) is 0 Å². The summed E-state index contributed by atoms with van der Waals surface area (Å²) in [5.41, 5.74) is 1.21. The van der Waals surface area contributed by atoms with Gasteiger partial charge in [-0.25, -0.2) is 0 Å². The van der Waals surface area contributed by atoms with Crippen LogP contribution in [0.5, 0.6) is 0 Å². The van der Waals surface area contributed by atoms with E-state index in [1.54, 1.807) is 0 Å². The number of piperidine rings is 1. The van der Waals surface area contributed by atoms with Crippen LogP contribution in [-0.4, -0.2) is 33.6 Å². The SMILES string of the molecule is Cl.Cl.c1ccc(CCN2CCC3(CC2)Sc2ccccc2S3)nc1. The zero-order valence-electron chi connectivity index (χ0n) is 13.4. The summed E-state index contributed by atoms with van der Waals surface area (Å²) in [5, 5.41) is 0. The third kappa shape index (κ3) is 4.41. The molecule has 0 saturated carbocycles. The summed E-state index contributed by atoms with van der Waals surface area (Å²) in [6.45, 7) is 3.55. The number of thioether (sulfide) groups is 2. The molecule has 3 heterocycles. The molecule has 0 radical (unpaired) electrons. The lowest BCUT2D eigenvalue weighted by Crippen LogP contribution is -2.40. The van der Waals surface area contributed by atoms with Gasteiger partial charge in [0.1, 0.15) is 0 Å². The normalized spacial score (nSPS) is 18.5. The molecule has 2 aromatic rings. The minimum atomic E-state index is 0. The maximum Gasteiger partial charge on any atom is 0.0730 e. The molecule has 1 fully saturated rings. The third-order valence-corrected chi connectivity index (χ3v) is 7.81. The lowest BCUT2D eigenvalue weighted by molar-refractivity contribution is 0.228. The highest BCUT2D eigenvalue weighted by atomic mass is 35.5. The fraction of sp³-hybridized carbons (Fsp3) is 0.389. The molecule has 4 rings (SSSR count). The van der Waals surface area contributed by atoms with Gasteiger partial charge in [0.15, 0.2) is 0 Å². The minimum absolute atomic E-state index is 0. The maximum atomic E-state index is 4.43. The van der Waals surface area contributed by atoms with Crippen LogP contribution < -0.4 is 0 Å². The van der Waals surface area contributed by atoms with E-state index in [0.717, 1.165) is 13.0 Å². The first-order chi connectivity index (χ1) is 10.8. The van der Waals surface area contributed by atoms with Crippen molar-refractivity contribution in [2.45, 2.75) is 33.1 Å². The summed E-state index contributed by atoms with van der Waals surface area (Å²) in [6, 6.07) is 15.1. The minimum Gasteiger partial charge on any atom is -0.303 e. The number of fused-ring (bicyclic) bond motifs is 1. The molecule has 1 spiro atoms. The van der Waals surface area contributed by atoms with Gasteiger partial charge in [0.25, 0.3) is 0 Å².